The van der Waals surface area contributed by atoms with Gasteiger partial charge >= 0.3 is 0 Å². The number of nitrogens with zero attached hydrogens (tertiary/aromatic N) is 2. The second-order valence-corrected chi connectivity index (χ2v) is 6.05. The highest BCUT2D eigenvalue weighted by Gasteiger charge is 2.31. The Balaban J connectivity index is 1.73. The summed E-state index contributed by atoms with van der Waals surface area (Å²) < 4.78 is 5.27. The predicted molar refractivity (Wildman–Crippen MR) is 79.6 cm³/mol. The lowest BCUT2D eigenvalue weighted by Crippen LogP contribution is -2.43. The van der Waals surface area contributed by atoms with Crippen LogP contribution >= 0.6 is 0 Å². The molecule has 1 aliphatic heterocycles. The van der Waals surface area contributed by atoms with Crippen molar-refractivity contribution < 1.29 is 4.74 Å². The summed E-state index contributed by atoms with van der Waals surface area (Å²) in [5.74, 6) is 0.947. The van der Waals surface area contributed by atoms with Crippen LogP contribution in [0.1, 0.15) is 26.2 Å². The SMILES string of the molecule is COCCN(CCN1CCCNCC1)C(C)C1CC1. The van der Waals surface area contributed by atoms with Crippen LogP contribution in [0.3, 0.4) is 0 Å². The van der Waals surface area contributed by atoms with Crippen molar-refractivity contribution in [2.45, 2.75) is 32.2 Å². The van der Waals surface area contributed by atoms with Crippen LogP contribution in [0.15, 0.2) is 0 Å². The fourth-order valence-electron chi connectivity index (χ4n) is 3.00. The van der Waals surface area contributed by atoms with Crippen LogP contribution in [0, 0.1) is 5.92 Å². The first kappa shape index (κ1) is 15.2. The number of rotatable bonds is 8. The van der Waals surface area contributed by atoms with Gasteiger partial charge in [-0.25, -0.2) is 0 Å². The molecule has 0 radical (unpaired) electrons. The van der Waals surface area contributed by atoms with Gasteiger partial charge in [-0.2, -0.15) is 0 Å². The van der Waals surface area contributed by atoms with Gasteiger partial charge in [0.2, 0.25) is 0 Å². The molecule has 2 fully saturated rings. The summed E-state index contributed by atoms with van der Waals surface area (Å²) in [6, 6.07) is 0.736. The molecule has 1 saturated heterocycles. The number of ether oxygens (including phenoxy) is 1. The van der Waals surface area contributed by atoms with Crippen LogP contribution in [-0.4, -0.2) is 75.4 Å². The van der Waals surface area contributed by atoms with Crippen LogP contribution in [0.5, 0.6) is 0 Å². The zero-order valence-electron chi connectivity index (χ0n) is 12.7. The molecule has 112 valence electrons. The van der Waals surface area contributed by atoms with Crippen molar-refractivity contribution in [3.05, 3.63) is 0 Å². The number of methoxy groups -OCH3 is 1. The molecule has 4 nitrogen and oxygen atoms in total. The Kier molecular flexibility index (Phi) is 6.57. The van der Waals surface area contributed by atoms with E-state index in [-0.39, 0.29) is 0 Å². The standard InChI is InChI=1S/C15H31N3O/c1-14(15-4-5-15)18(12-13-19-2)11-10-17-8-3-6-16-7-9-17/h14-16H,3-13H2,1-2H3. The minimum absolute atomic E-state index is 0.736. The van der Waals surface area contributed by atoms with E-state index in [2.05, 4.69) is 22.0 Å². The van der Waals surface area contributed by atoms with Crippen molar-refractivity contribution in [1.82, 2.24) is 15.1 Å². The van der Waals surface area contributed by atoms with E-state index in [1.54, 1.807) is 7.11 Å². The summed E-state index contributed by atoms with van der Waals surface area (Å²) in [7, 11) is 1.81. The average Bonchev–Trinajstić information content (AvgIpc) is 3.25. The quantitative estimate of drug-likeness (QED) is 0.712. The van der Waals surface area contributed by atoms with Gasteiger partial charge in [0.15, 0.2) is 0 Å². The van der Waals surface area contributed by atoms with Gasteiger partial charge in [-0.1, -0.05) is 0 Å². The Labute approximate surface area is 118 Å². The molecule has 19 heavy (non-hydrogen) atoms. The topological polar surface area (TPSA) is 27.7 Å². The number of nitrogens with one attached hydrogen (secondary N) is 1. The molecule has 1 aliphatic carbocycles. The second-order valence-electron chi connectivity index (χ2n) is 6.05. The van der Waals surface area contributed by atoms with Crippen molar-refractivity contribution in [3.8, 4) is 0 Å². The Morgan fingerprint density at radius 2 is 2.11 bits per heavy atom. The van der Waals surface area contributed by atoms with E-state index >= 15 is 0 Å². The van der Waals surface area contributed by atoms with E-state index < -0.39 is 0 Å². The predicted octanol–water partition coefficient (Wildman–Crippen LogP) is 1.03. The molecular formula is C15H31N3O. The molecule has 4 heteroatoms. The van der Waals surface area contributed by atoms with Gasteiger partial charge in [-0.3, -0.25) is 4.90 Å². The summed E-state index contributed by atoms with van der Waals surface area (Å²) in [6.07, 6.45) is 4.15. The maximum Gasteiger partial charge on any atom is 0.0589 e. The average molecular weight is 269 g/mol. The van der Waals surface area contributed by atoms with Crippen molar-refractivity contribution in [2.75, 3.05) is 59.5 Å². The van der Waals surface area contributed by atoms with E-state index in [0.29, 0.717) is 0 Å². The van der Waals surface area contributed by atoms with Gasteiger partial charge in [0, 0.05) is 45.9 Å². The fraction of sp³-hybridized carbons (Fsp3) is 1.00. The van der Waals surface area contributed by atoms with Gasteiger partial charge in [-0.05, 0) is 45.2 Å². The largest absolute Gasteiger partial charge is 0.383 e. The summed E-state index contributed by atoms with van der Waals surface area (Å²) in [5.41, 5.74) is 0. The van der Waals surface area contributed by atoms with Crippen LogP contribution in [0.25, 0.3) is 0 Å². The number of hydrogen-bond acceptors (Lipinski definition) is 4. The van der Waals surface area contributed by atoms with E-state index in [1.807, 2.05) is 0 Å². The van der Waals surface area contributed by atoms with Crippen LogP contribution < -0.4 is 5.32 Å². The van der Waals surface area contributed by atoms with Gasteiger partial charge in [0.05, 0.1) is 6.61 Å². The zero-order chi connectivity index (χ0) is 13.5. The highest BCUT2D eigenvalue weighted by atomic mass is 16.5. The maximum atomic E-state index is 5.27. The first-order chi connectivity index (χ1) is 9.31. The maximum absolute atomic E-state index is 5.27. The summed E-state index contributed by atoms with van der Waals surface area (Å²) >= 11 is 0. The molecule has 0 aromatic heterocycles. The third-order valence-electron chi connectivity index (χ3n) is 4.60. The highest BCUT2D eigenvalue weighted by molar-refractivity contribution is 4.85. The van der Waals surface area contributed by atoms with Crippen LogP contribution in [-0.2, 0) is 4.74 Å². The molecular weight excluding hydrogens is 238 g/mol. The van der Waals surface area contributed by atoms with E-state index in [1.165, 1.54) is 52.0 Å². The van der Waals surface area contributed by atoms with Gasteiger partial charge in [-0.15, -0.1) is 0 Å². The third kappa shape index (κ3) is 5.38. The fourth-order valence-corrected chi connectivity index (χ4v) is 3.00. The van der Waals surface area contributed by atoms with Crippen molar-refractivity contribution >= 4 is 0 Å². The minimum atomic E-state index is 0.736. The van der Waals surface area contributed by atoms with Crippen molar-refractivity contribution in [1.29, 1.82) is 0 Å². The van der Waals surface area contributed by atoms with Crippen molar-refractivity contribution in [3.63, 3.8) is 0 Å². The first-order valence-corrected chi connectivity index (χ1v) is 7.97. The molecule has 0 aromatic carbocycles. The Morgan fingerprint density at radius 3 is 2.84 bits per heavy atom. The molecule has 0 aromatic rings. The van der Waals surface area contributed by atoms with E-state index in [0.717, 1.165) is 31.7 Å². The number of hydrogen-bond donors (Lipinski definition) is 1. The molecule has 1 N–H and O–H groups in total. The minimum Gasteiger partial charge on any atom is -0.383 e. The van der Waals surface area contributed by atoms with E-state index in [4.69, 9.17) is 4.74 Å². The van der Waals surface area contributed by atoms with Crippen LogP contribution in [0.2, 0.25) is 0 Å². The van der Waals surface area contributed by atoms with Crippen LogP contribution in [0.4, 0.5) is 0 Å². The monoisotopic (exact) mass is 269 g/mol. The van der Waals surface area contributed by atoms with Gasteiger partial charge in [0.1, 0.15) is 0 Å². The molecule has 1 unspecified atom stereocenters. The molecule has 0 spiro atoms. The summed E-state index contributed by atoms with van der Waals surface area (Å²) in [4.78, 5) is 5.25. The second kappa shape index (κ2) is 8.20. The lowest BCUT2D eigenvalue weighted by atomic mass is 10.2. The lowest BCUT2D eigenvalue weighted by molar-refractivity contribution is 0.105. The summed E-state index contributed by atoms with van der Waals surface area (Å²) in [6.45, 7) is 11.5. The Bertz CT molecular complexity index is 238. The molecule has 2 rings (SSSR count). The van der Waals surface area contributed by atoms with Crippen molar-refractivity contribution in [2.24, 2.45) is 5.92 Å². The van der Waals surface area contributed by atoms with E-state index in [9.17, 15) is 0 Å². The molecule has 0 amide bonds. The Morgan fingerprint density at radius 1 is 1.26 bits per heavy atom. The molecule has 1 saturated carbocycles. The summed E-state index contributed by atoms with van der Waals surface area (Å²) in [5, 5.41) is 3.47. The van der Waals surface area contributed by atoms with Gasteiger partial charge in [0.25, 0.3) is 0 Å². The van der Waals surface area contributed by atoms with Gasteiger partial charge < -0.3 is 15.0 Å². The Hall–Kier alpha value is -0.160. The highest BCUT2D eigenvalue weighted by Crippen LogP contribution is 2.34. The zero-order valence-corrected chi connectivity index (χ0v) is 12.7. The molecule has 0 bridgehead atoms. The molecule has 2 aliphatic rings. The first-order valence-electron chi connectivity index (χ1n) is 7.97. The molecule has 1 atom stereocenters. The lowest BCUT2D eigenvalue weighted by Gasteiger charge is -2.31. The third-order valence-corrected chi connectivity index (χ3v) is 4.60. The molecule has 1 heterocycles. The smallest absolute Gasteiger partial charge is 0.0589 e. The normalized spacial score (nSPS) is 23.5.